The van der Waals surface area contributed by atoms with E-state index in [2.05, 4.69) is 15.2 Å². The van der Waals surface area contributed by atoms with E-state index in [0.29, 0.717) is 16.5 Å². The van der Waals surface area contributed by atoms with Crippen LogP contribution in [-0.4, -0.2) is 53.1 Å². The number of hydrogen-bond acceptors (Lipinski definition) is 6. The fourth-order valence-corrected chi connectivity index (χ4v) is 3.84. The van der Waals surface area contributed by atoms with Gasteiger partial charge in [0.2, 0.25) is 5.82 Å². The molecule has 0 aliphatic carbocycles. The van der Waals surface area contributed by atoms with Gasteiger partial charge in [0.15, 0.2) is 17.8 Å². The molecule has 0 aliphatic heterocycles. The van der Waals surface area contributed by atoms with Crippen LogP contribution in [0.3, 0.4) is 0 Å². The van der Waals surface area contributed by atoms with Crippen LogP contribution in [0.15, 0.2) is 53.3 Å². The van der Waals surface area contributed by atoms with E-state index in [0.717, 1.165) is 9.36 Å². The molecule has 0 saturated heterocycles. The Kier molecular flexibility index (Phi) is 7.80. The van der Waals surface area contributed by atoms with E-state index in [1.807, 2.05) is 0 Å². The summed E-state index contributed by atoms with van der Waals surface area (Å²) in [6, 6.07) is 12.0. The standard InChI is InChI=1S/C24H22ClF5N6O3/c1-3-39-17-7-5-4-6-16(17)36-21(23(2,26)27)31-19(32-36)13-35-22(38)34(12-18(37)24(28,29)30)20(33-35)14-8-10-15(25)11-9-14/h4-11,18,37H,3,12-13H2,1-2H3/t18-/m0/s1. The highest BCUT2D eigenvalue weighted by atomic mass is 35.5. The first-order chi connectivity index (χ1) is 18.3. The van der Waals surface area contributed by atoms with Crippen LogP contribution in [0.25, 0.3) is 17.1 Å². The molecule has 4 aromatic rings. The molecular formula is C24H22ClF5N6O3. The molecule has 208 valence electrons. The number of hydrogen-bond donors (Lipinski definition) is 1. The molecule has 0 amide bonds. The zero-order valence-electron chi connectivity index (χ0n) is 20.5. The lowest BCUT2D eigenvalue weighted by atomic mass is 10.2. The van der Waals surface area contributed by atoms with Gasteiger partial charge in [-0.1, -0.05) is 23.7 Å². The summed E-state index contributed by atoms with van der Waals surface area (Å²) in [6.07, 6.45) is -7.87. The number of ether oxygens (including phenoxy) is 1. The smallest absolute Gasteiger partial charge is 0.416 e. The maximum absolute atomic E-state index is 14.5. The largest absolute Gasteiger partial charge is 0.492 e. The molecule has 0 bridgehead atoms. The third-order valence-corrected chi connectivity index (χ3v) is 5.74. The van der Waals surface area contributed by atoms with Crippen molar-refractivity contribution in [2.24, 2.45) is 0 Å². The molecule has 0 radical (unpaired) electrons. The molecule has 0 saturated carbocycles. The molecule has 0 unspecified atom stereocenters. The Morgan fingerprint density at radius 3 is 2.33 bits per heavy atom. The summed E-state index contributed by atoms with van der Waals surface area (Å²) in [5, 5.41) is 18.2. The van der Waals surface area contributed by atoms with Gasteiger partial charge in [0.05, 0.1) is 13.2 Å². The van der Waals surface area contributed by atoms with Crippen LogP contribution in [0.1, 0.15) is 25.5 Å². The van der Waals surface area contributed by atoms with Crippen LogP contribution >= 0.6 is 11.6 Å². The van der Waals surface area contributed by atoms with Crippen LogP contribution < -0.4 is 10.4 Å². The van der Waals surface area contributed by atoms with Gasteiger partial charge in [-0.25, -0.2) is 19.1 Å². The summed E-state index contributed by atoms with van der Waals surface area (Å²) in [5.74, 6) is -4.41. The van der Waals surface area contributed by atoms with Gasteiger partial charge < -0.3 is 9.84 Å². The van der Waals surface area contributed by atoms with Gasteiger partial charge in [-0.05, 0) is 43.3 Å². The van der Waals surface area contributed by atoms with Gasteiger partial charge in [0.25, 0.3) is 0 Å². The quantitative estimate of drug-likeness (QED) is 0.298. The summed E-state index contributed by atoms with van der Waals surface area (Å²) in [5.41, 5.74) is -0.642. The van der Waals surface area contributed by atoms with Crippen molar-refractivity contribution in [1.29, 1.82) is 0 Å². The van der Waals surface area contributed by atoms with Crippen LogP contribution in [0.5, 0.6) is 5.75 Å². The molecule has 1 N–H and O–H groups in total. The molecule has 0 aliphatic rings. The number of aromatic nitrogens is 6. The lowest BCUT2D eigenvalue weighted by Gasteiger charge is -2.15. The molecule has 15 heteroatoms. The minimum Gasteiger partial charge on any atom is -0.492 e. The Labute approximate surface area is 223 Å². The van der Waals surface area contributed by atoms with Gasteiger partial charge in [0.1, 0.15) is 18.0 Å². The maximum atomic E-state index is 14.5. The molecule has 39 heavy (non-hydrogen) atoms. The molecule has 0 spiro atoms. The second-order valence-corrected chi connectivity index (χ2v) is 8.93. The third-order valence-electron chi connectivity index (χ3n) is 5.49. The van der Waals surface area contributed by atoms with Crippen LogP contribution in [0, 0.1) is 0 Å². The van der Waals surface area contributed by atoms with E-state index in [4.69, 9.17) is 16.3 Å². The van der Waals surface area contributed by atoms with Crippen molar-refractivity contribution in [3.05, 3.63) is 75.7 Å². The number of halogens is 6. The molecule has 9 nitrogen and oxygen atoms in total. The van der Waals surface area contributed by atoms with E-state index < -0.39 is 42.8 Å². The normalized spacial score (nSPS) is 13.1. The van der Waals surface area contributed by atoms with Gasteiger partial charge in [0, 0.05) is 17.5 Å². The summed E-state index contributed by atoms with van der Waals surface area (Å²) in [4.78, 5) is 17.0. The van der Waals surface area contributed by atoms with Crippen molar-refractivity contribution in [3.8, 4) is 22.8 Å². The van der Waals surface area contributed by atoms with E-state index in [9.17, 15) is 31.9 Å². The van der Waals surface area contributed by atoms with Gasteiger partial charge in [-0.3, -0.25) is 4.57 Å². The number of aliphatic hydroxyl groups excluding tert-OH is 1. The van der Waals surface area contributed by atoms with Crippen molar-refractivity contribution >= 4 is 11.6 Å². The zero-order chi connectivity index (χ0) is 28.5. The topological polar surface area (TPSA) is 100.0 Å². The Morgan fingerprint density at radius 1 is 1.05 bits per heavy atom. The van der Waals surface area contributed by atoms with Crippen molar-refractivity contribution < 1.29 is 31.8 Å². The third kappa shape index (κ3) is 6.11. The molecule has 1 atom stereocenters. The van der Waals surface area contributed by atoms with Crippen molar-refractivity contribution in [2.75, 3.05) is 6.61 Å². The molecule has 2 heterocycles. The van der Waals surface area contributed by atoms with Crippen molar-refractivity contribution in [1.82, 2.24) is 29.1 Å². The minimum atomic E-state index is -5.01. The average molecular weight is 573 g/mol. The lowest BCUT2D eigenvalue weighted by Crippen LogP contribution is -2.37. The van der Waals surface area contributed by atoms with E-state index in [1.54, 1.807) is 25.1 Å². The first kappa shape index (κ1) is 28.2. The molecule has 0 fully saturated rings. The first-order valence-corrected chi connectivity index (χ1v) is 11.9. The van der Waals surface area contributed by atoms with Gasteiger partial charge in [-0.15, -0.1) is 10.2 Å². The van der Waals surface area contributed by atoms with Crippen molar-refractivity contribution in [2.45, 2.75) is 45.1 Å². The monoisotopic (exact) mass is 572 g/mol. The SMILES string of the molecule is CCOc1ccccc1-n1nc(Cn2nc(-c3ccc(Cl)cc3)n(C[C@H](O)C(F)(F)F)c2=O)nc1C(C)(F)F. The number of benzene rings is 2. The number of nitrogens with zero attached hydrogens (tertiary/aromatic N) is 6. The number of aliphatic hydroxyl groups is 1. The predicted molar refractivity (Wildman–Crippen MR) is 130 cm³/mol. The highest BCUT2D eigenvalue weighted by molar-refractivity contribution is 6.30. The van der Waals surface area contributed by atoms with Crippen molar-refractivity contribution in [3.63, 3.8) is 0 Å². The Morgan fingerprint density at radius 2 is 1.72 bits per heavy atom. The fourth-order valence-electron chi connectivity index (χ4n) is 3.72. The van der Waals surface area contributed by atoms with E-state index in [1.165, 1.54) is 30.3 Å². The molecule has 4 rings (SSSR count). The summed E-state index contributed by atoms with van der Waals surface area (Å²) in [6.45, 7) is 0.887. The van der Waals surface area contributed by atoms with Gasteiger partial charge >= 0.3 is 17.8 Å². The van der Waals surface area contributed by atoms with Crippen LogP contribution in [0.4, 0.5) is 22.0 Å². The fraction of sp³-hybridized carbons (Fsp3) is 0.333. The zero-order valence-corrected chi connectivity index (χ0v) is 21.3. The maximum Gasteiger partial charge on any atom is 0.416 e. The Bertz CT molecular complexity index is 1510. The summed E-state index contributed by atoms with van der Waals surface area (Å²) in [7, 11) is 0. The summed E-state index contributed by atoms with van der Waals surface area (Å²) < 4.78 is 76.1. The lowest BCUT2D eigenvalue weighted by molar-refractivity contribution is -0.207. The van der Waals surface area contributed by atoms with Crippen LogP contribution in [-0.2, 0) is 19.0 Å². The predicted octanol–water partition coefficient (Wildman–Crippen LogP) is 4.43. The van der Waals surface area contributed by atoms with Crippen LogP contribution in [0.2, 0.25) is 5.02 Å². The minimum absolute atomic E-state index is 0.169. The van der Waals surface area contributed by atoms with E-state index in [-0.39, 0.29) is 35.3 Å². The molecular weight excluding hydrogens is 551 g/mol. The number of para-hydroxylation sites is 2. The molecule has 2 aromatic carbocycles. The second kappa shape index (κ2) is 10.8. The average Bonchev–Trinajstić information content (AvgIpc) is 3.42. The van der Waals surface area contributed by atoms with E-state index >= 15 is 0 Å². The molecule has 2 aromatic heterocycles. The highest BCUT2D eigenvalue weighted by Crippen LogP contribution is 2.31. The number of alkyl halides is 5. The number of rotatable bonds is 9. The Hall–Kier alpha value is -3.78. The highest BCUT2D eigenvalue weighted by Gasteiger charge is 2.39. The van der Waals surface area contributed by atoms with Gasteiger partial charge in [-0.2, -0.15) is 22.0 Å². The second-order valence-electron chi connectivity index (χ2n) is 8.49. The Balaban J connectivity index is 1.80. The first-order valence-electron chi connectivity index (χ1n) is 11.5. The summed E-state index contributed by atoms with van der Waals surface area (Å²) >= 11 is 5.89.